The summed E-state index contributed by atoms with van der Waals surface area (Å²) in [6, 6.07) is 12.1. The van der Waals surface area contributed by atoms with Crippen molar-refractivity contribution in [2.24, 2.45) is 11.8 Å². The summed E-state index contributed by atoms with van der Waals surface area (Å²) in [6.45, 7) is 2.14. The molecule has 1 aliphatic carbocycles. The molecule has 2 aliphatic rings. The third kappa shape index (κ3) is 7.37. The van der Waals surface area contributed by atoms with Crippen LogP contribution in [-0.4, -0.2) is 41.7 Å². The minimum absolute atomic E-state index is 0.00230. The number of benzene rings is 2. The Morgan fingerprint density at radius 1 is 1.06 bits per heavy atom. The fourth-order valence-corrected chi connectivity index (χ4v) is 5.14. The number of likely N-dealkylation sites (tertiary alicyclic amines) is 1. The maximum atomic E-state index is 13.1. The van der Waals surface area contributed by atoms with E-state index in [0.717, 1.165) is 43.4 Å². The lowest BCUT2D eigenvalue weighted by Gasteiger charge is -2.38. The lowest BCUT2D eigenvalue weighted by atomic mass is 9.87. The third-order valence-corrected chi connectivity index (χ3v) is 6.92. The molecule has 2 fully saturated rings. The lowest BCUT2D eigenvalue weighted by Crippen LogP contribution is -2.49. The van der Waals surface area contributed by atoms with Gasteiger partial charge in [0.2, 0.25) is 5.91 Å². The number of hydrogen-bond donors (Lipinski definition) is 2. The second kappa shape index (κ2) is 11.3. The SMILES string of the molecule is O=C(NC1CCCCC1)[C@@H]1C[C@H](COc2cccc(C(F)(F)F)c2)CN(Cc2ccc(O)cc2)C1. The summed E-state index contributed by atoms with van der Waals surface area (Å²) in [7, 11) is 0. The van der Waals surface area contributed by atoms with Gasteiger partial charge in [-0.3, -0.25) is 9.69 Å². The average Bonchev–Trinajstić information content (AvgIpc) is 2.84. The molecule has 35 heavy (non-hydrogen) atoms. The van der Waals surface area contributed by atoms with Gasteiger partial charge in [-0.1, -0.05) is 37.5 Å². The van der Waals surface area contributed by atoms with Crippen molar-refractivity contribution < 1.29 is 27.8 Å². The maximum Gasteiger partial charge on any atom is 0.416 e. The Morgan fingerprint density at radius 3 is 2.51 bits per heavy atom. The molecule has 190 valence electrons. The molecule has 2 N–H and O–H groups in total. The van der Waals surface area contributed by atoms with Gasteiger partial charge >= 0.3 is 6.18 Å². The Bertz CT molecular complexity index is 974. The highest BCUT2D eigenvalue weighted by atomic mass is 19.4. The second-order valence-corrected chi connectivity index (χ2v) is 9.84. The van der Waals surface area contributed by atoms with E-state index in [1.54, 1.807) is 12.1 Å². The number of carbonyl (C=O) groups is 1. The lowest BCUT2D eigenvalue weighted by molar-refractivity contribution is -0.137. The van der Waals surface area contributed by atoms with Crippen LogP contribution < -0.4 is 10.1 Å². The van der Waals surface area contributed by atoms with Crippen molar-refractivity contribution in [2.75, 3.05) is 19.7 Å². The molecule has 0 aromatic heterocycles. The predicted molar refractivity (Wildman–Crippen MR) is 127 cm³/mol. The molecule has 1 saturated heterocycles. The first-order valence-electron chi connectivity index (χ1n) is 12.4. The zero-order valence-electron chi connectivity index (χ0n) is 19.8. The number of nitrogens with zero attached hydrogens (tertiary/aromatic N) is 1. The molecule has 0 bridgehead atoms. The molecule has 2 aromatic carbocycles. The Labute approximate surface area is 204 Å². The monoisotopic (exact) mass is 490 g/mol. The van der Waals surface area contributed by atoms with E-state index in [4.69, 9.17) is 4.74 Å². The number of halogens is 3. The fourth-order valence-electron chi connectivity index (χ4n) is 5.14. The van der Waals surface area contributed by atoms with Gasteiger partial charge in [-0.2, -0.15) is 13.2 Å². The van der Waals surface area contributed by atoms with Crippen molar-refractivity contribution in [2.45, 2.75) is 57.3 Å². The number of amides is 1. The molecule has 1 aliphatic heterocycles. The second-order valence-electron chi connectivity index (χ2n) is 9.84. The predicted octanol–water partition coefficient (Wildman–Crippen LogP) is 5.38. The Kier molecular flexibility index (Phi) is 8.21. The van der Waals surface area contributed by atoms with Gasteiger partial charge in [0.05, 0.1) is 18.1 Å². The van der Waals surface area contributed by atoms with Crippen LogP contribution >= 0.6 is 0 Å². The van der Waals surface area contributed by atoms with Crippen molar-refractivity contribution >= 4 is 5.91 Å². The van der Waals surface area contributed by atoms with Crippen LogP contribution in [0, 0.1) is 11.8 Å². The summed E-state index contributed by atoms with van der Waals surface area (Å²) in [6.07, 6.45) is 1.71. The van der Waals surface area contributed by atoms with Gasteiger partial charge in [-0.25, -0.2) is 0 Å². The number of ether oxygens (including phenoxy) is 1. The van der Waals surface area contributed by atoms with Crippen LogP contribution in [0.15, 0.2) is 48.5 Å². The van der Waals surface area contributed by atoms with Crippen molar-refractivity contribution in [1.82, 2.24) is 10.2 Å². The summed E-state index contributed by atoms with van der Waals surface area (Å²) >= 11 is 0. The molecule has 1 amide bonds. The number of hydrogen-bond acceptors (Lipinski definition) is 4. The molecule has 0 radical (unpaired) electrons. The van der Waals surface area contributed by atoms with E-state index in [0.29, 0.717) is 26.1 Å². The van der Waals surface area contributed by atoms with Crippen LogP contribution in [0.5, 0.6) is 11.5 Å². The van der Waals surface area contributed by atoms with Gasteiger partial charge in [-0.05, 0) is 55.2 Å². The van der Waals surface area contributed by atoms with Crippen molar-refractivity contribution in [3.05, 3.63) is 59.7 Å². The van der Waals surface area contributed by atoms with E-state index in [2.05, 4.69) is 10.2 Å². The van der Waals surface area contributed by atoms with Gasteiger partial charge in [0.25, 0.3) is 0 Å². The number of carbonyl (C=O) groups excluding carboxylic acids is 1. The first kappa shape index (κ1) is 25.4. The summed E-state index contributed by atoms with van der Waals surface area (Å²) in [5, 5.41) is 12.8. The van der Waals surface area contributed by atoms with Gasteiger partial charge in [0.15, 0.2) is 0 Å². The van der Waals surface area contributed by atoms with E-state index in [1.807, 2.05) is 12.1 Å². The topological polar surface area (TPSA) is 61.8 Å². The van der Waals surface area contributed by atoms with Crippen LogP contribution in [0.4, 0.5) is 13.2 Å². The van der Waals surface area contributed by atoms with E-state index in [-0.39, 0.29) is 41.9 Å². The number of alkyl halides is 3. The van der Waals surface area contributed by atoms with E-state index >= 15 is 0 Å². The van der Waals surface area contributed by atoms with Crippen LogP contribution in [0.25, 0.3) is 0 Å². The van der Waals surface area contributed by atoms with Crippen molar-refractivity contribution in [3.63, 3.8) is 0 Å². The highest BCUT2D eigenvalue weighted by Gasteiger charge is 2.34. The number of aromatic hydroxyl groups is 1. The van der Waals surface area contributed by atoms with E-state index < -0.39 is 11.7 Å². The first-order valence-corrected chi connectivity index (χ1v) is 12.4. The van der Waals surface area contributed by atoms with Crippen LogP contribution in [0.3, 0.4) is 0 Å². The molecule has 2 atom stereocenters. The molecule has 8 heteroatoms. The largest absolute Gasteiger partial charge is 0.508 e. The Morgan fingerprint density at radius 2 is 1.80 bits per heavy atom. The van der Waals surface area contributed by atoms with Gasteiger partial charge in [0.1, 0.15) is 11.5 Å². The van der Waals surface area contributed by atoms with Crippen LogP contribution in [-0.2, 0) is 17.5 Å². The molecular weight excluding hydrogens is 457 g/mol. The molecule has 0 spiro atoms. The van der Waals surface area contributed by atoms with E-state index in [9.17, 15) is 23.1 Å². The standard InChI is InChI=1S/C27H33F3N2O3/c28-27(29,30)22-5-4-8-25(14-22)35-18-20-13-21(26(34)31-23-6-2-1-3-7-23)17-32(16-20)15-19-9-11-24(33)12-10-19/h4-5,8-12,14,20-21,23,33H,1-3,6-7,13,15-18H2,(H,31,34)/t20-,21+/m0/s1. The van der Waals surface area contributed by atoms with Crippen molar-refractivity contribution in [1.29, 1.82) is 0 Å². The molecular formula is C27H33F3N2O3. The molecule has 4 rings (SSSR count). The van der Waals surface area contributed by atoms with Gasteiger partial charge in [0, 0.05) is 31.6 Å². The molecule has 2 aromatic rings. The Hall–Kier alpha value is -2.74. The zero-order valence-corrected chi connectivity index (χ0v) is 19.8. The average molecular weight is 491 g/mol. The first-order chi connectivity index (χ1) is 16.8. The van der Waals surface area contributed by atoms with E-state index in [1.165, 1.54) is 18.6 Å². The molecule has 1 saturated carbocycles. The number of rotatable bonds is 7. The molecule has 5 nitrogen and oxygen atoms in total. The fraction of sp³-hybridized carbons (Fsp3) is 0.519. The highest BCUT2D eigenvalue weighted by molar-refractivity contribution is 5.79. The third-order valence-electron chi connectivity index (χ3n) is 6.92. The highest BCUT2D eigenvalue weighted by Crippen LogP contribution is 2.32. The Balaban J connectivity index is 1.42. The quantitative estimate of drug-likeness (QED) is 0.547. The summed E-state index contributed by atoms with van der Waals surface area (Å²) in [5.41, 5.74) is 0.283. The van der Waals surface area contributed by atoms with Crippen LogP contribution in [0.2, 0.25) is 0 Å². The zero-order chi connectivity index (χ0) is 24.8. The normalized spacial score (nSPS) is 22.0. The number of piperidine rings is 1. The minimum atomic E-state index is -4.42. The minimum Gasteiger partial charge on any atom is -0.508 e. The van der Waals surface area contributed by atoms with Gasteiger partial charge < -0.3 is 15.2 Å². The van der Waals surface area contributed by atoms with Gasteiger partial charge in [-0.15, -0.1) is 0 Å². The van der Waals surface area contributed by atoms with Crippen molar-refractivity contribution in [3.8, 4) is 11.5 Å². The summed E-state index contributed by atoms with van der Waals surface area (Å²) in [5.74, 6) is 0.218. The summed E-state index contributed by atoms with van der Waals surface area (Å²) in [4.78, 5) is 15.3. The maximum absolute atomic E-state index is 13.1. The number of nitrogens with one attached hydrogen (secondary N) is 1. The van der Waals surface area contributed by atoms with Crippen LogP contribution in [0.1, 0.15) is 49.7 Å². The molecule has 1 heterocycles. The number of phenolic OH excluding ortho intramolecular Hbond substituents is 1. The summed E-state index contributed by atoms with van der Waals surface area (Å²) < 4.78 is 45.0. The molecule has 0 unspecified atom stereocenters. The smallest absolute Gasteiger partial charge is 0.416 e. The number of phenols is 1.